The summed E-state index contributed by atoms with van der Waals surface area (Å²) in [4.78, 5) is 11.8. The average Bonchev–Trinajstić information content (AvgIpc) is 3.39. The van der Waals surface area contributed by atoms with Crippen LogP contribution in [0.5, 0.6) is 0 Å². The van der Waals surface area contributed by atoms with Crippen LogP contribution in [-0.2, 0) is 23.7 Å². The Morgan fingerprint density at radius 1 is 1.03 bits per heavy atom. The first-order valence-electron chi connectivity index (χ1n) is 14.9. The van der Waals surface area contributed by atoms with Gasteiger partial charge in [-0.3, -0.25) is 0 Å². The molecule has 0 bridgehead atoms. The molecule has 2 heterocycles. The number of fused-ring (bicyclic) bond motifs is 5. The van der Waals surface area contributed by atoms with Gasteiger partial charge in [0.15, 0.2) is 6.29 Å². The Morgan fingerprint density at radius 2 is 1.79 bits per heavy atom. The first-order chi connectivity index (χ1) is 18.4. The van der Waals surface area contributed by atoms with Gasteiger partial charge < -0.3 is 39.4 Å². The Kier molecular flexibility index (Phi) is 7.02. The molecule has 0 aromatic carbocycles. The number of cyclic esters (lactones) is 1. The highest BCUT2D eigenvalue weighted by Gasteiger charge is 2.70. The highest BCUT2D eigenvalue weighted by Crippen LogP contribution is 2.70. The number of aliphatic hydroxyl groups is 4. The molecule has 4 N–H and O–H groups in total. The van der Waals surface area contributed by atoms with Crippen molar-refractivity contribution in [2.45, 2.75) is 121 Å². The lowest BCUT2D eigenvalue weighted by atomic mass is 9.43. The normalized spacial score (nSPS) is 55.3. The molecule has 39 heavy (non-hydrogen) atoms. The first-order valence-corrected chi connectivity index (χ1v) is 14.9. The largest absolute Gasteiger partial charge is 0.458 e. The summed E-state index contributed by atoms with van der Waals surface area (Å²) in [6, 6.07) is 0. The lowest BCUT2D eigenvalue weighted by Gasteiger charge is -2.63. The minimum absolute atomic E-state index is 0.0547. The number of hydrogen-bond acceptors (Lipinski definition) is 9. The maximum atomic E-state index is 12.4. The van der Waals surface area contributed by atoms with Gasteiger partial charge in [0.05, 0.1) is 23.9 Å². The van der Waals surface area contributed by atoms with Crippen LogP contribution in [0.3, 0.4) is 0 Å². The molecule has 4 saturated carbocycles. The Balaban J connectivity index is 1.17. The fourth-order valence-corrected chi connectivity index (χ4v) is 10.2. The van der Waals surface area contributed by atoms with Gasteiger partial charge in [-0.1, -0.05) is 13.8 Å². The van der Waals surface area contributed by atoms with Gasteiger partial charge in [-0.05, 0) is 80.6 Å². The summed E-state index contributed by atoms with van der Waals surface area (Å²) in [7, 11) is 1.48. The molecule has 14 atom stereocenters. The minimum atomic E-state index is -1.06. The van der Waals surface area contributed by atoms with E-state index in [-0.39, 0.29) is 35.9 Å². The van der Waals surface area contributed by atoms with Gasteiger partial charge in [-0.15, -0.1) is 0 Å². The standard InChI is InChI=1S/C30H46O9/c1-15-24(33)26(36-4)25(34)27(38-15)39-18-7-9-28(2)17(12-18)5-6-20-19(28)8-10-29(3)23(16-11-22(32)37-14-16)21(31)13-30(20,29)35/h11,15,17-21,23-27,31,33-35H,5-10,12-14H2,1-4H3/t15-,17+,18-,19+,20-,21+,23+,24+,25-,26+,27+,28+,29-,30+/m1/s1. The molecule has 9 nitrogen and oxygen atoms in total. The zero-order valence-corrected chi connectivity index (χ0v) is 23.6. The monoisotopic (exact) mass is 550 g/mol. The van der Waals surface area contributed by atoms with E-state index in [2.05, 4.69) is 13.8 Å². The van der Waals surface area contributed by atoms with Crippen LogP contribution >= 0.6 is 0 Å². The summed E-state index contributed by atoms with van der Waals surface area (Å²) in [5, 5.41) is 44.7. The zero-order valence-electron chi connectivity index (χ0n) is 23.6. The number of aliphatic hydroxyl groups excluding tert-OH is 3. The van der Waals surface area contributed by atoms with E-state index in [1.807, 2.05) is 0 Å². The van der Waals surface area contributed by atoms with Gasteiger partial charge in [0.2, 0.25) is 0 Å². The molecule has 9 heteroatoms. The van der Waals surface area contributed by atoms with Crippen molar-refractivity contribution in [2.75, 3.05) is 13.7 Å². The lowest BCUT2D eigenvalue weighted by molar-refractivity contribution is -0.313. The molecule has 0 unspecified atom stereocenters. The number of esters is 1. The van der Waals surface area contributed by atoms with Crippen LogP contribution in [0.2, 0.25) is 0 Å². The molecule has 6 rings (SSSR count). The molecular weight excluding hydrogens is 504 g/mol. The number of ether oxygens (including phenoxy) is 4. The highest BCUT2D eigenvalue weighted by atomic mass is 16.7. The number of rotatable bonds is 4. The second-order valence-electron chi connectivity index (χ2n) is 13.9. The molecule has 0 aromatic heterocycles. The Hall–Kier alpha value is -1.07. The predicted octanol–water partition coefficient (Wildman–Crippen LogP) is 2.08. The van der Waals surface area contributed by atoms with E-state index in [1.165, 1.54) is 13.2 Å². The fraction of sp³-hybridized carbons (Fsp3) is 0.900. The third-order valence-electron chi connectivity index (χ3n) is 12.3. The predicted molar refractivity (Wildman–Crippen MR) is 139 cm³/mol. The SMILES string of the molecule is CO[C@H]1[C@@H](O)[C@@H](C)O[C@@H](O[C@@H]2CC[C@@]3(C)[C@@H](CC[C@@H]4[C@@H]3CC[C@]3(C)[C@@H](C5=CC(=O)OC5)[C@@H](O)C[C@]43O)C2)[C@@H]1O. The molecule has 6 aliphatic rings. The van der Waals surface area contributed by atoms with Gasteiger partial charge in [0, 0.05) is 30.9 Å². The smallest absolute Gasteiger partial charge is 0.331 e. The van der Waals surface area contributed by atoms with Gasteiger partial charge in [-0.25, -0.2) is 4.79 Å². The summed E-state index contributed by atoms with van der Waals surface area (Å²) in [5.74, 6) is 0.260. The molecule has 4 aliphatic carbocycles. The van der Waals surface area contributed by atoms with Crippen molar-refractivity contribution in [1.82, 2.24) is 0 Å². The van der Waals surface area contributed by atoms with Crippen molar-refractivity contribution in [1.29, 1.82) is 0 Å². The van der Waals surface area contributed by atoms with E-state index in [0.717, 1.165) is 50.5 Å². The zero-order chi connectivity index (χ0) is 27.9. The molecule has 220 valence electrons. The van der Waals surface area contributed by atoms with Crippen molar-refractivity contribution in [3.63, 3.8) is 0 Å². The van der Waals surface area contributed by atoms with Crippen LogP contribution in [0.1, 0.15) is 72.1 Å². The third-order valence-corrected chi connectivity index (χ3v) is 12.3. The van der Waals surface area contributed by atoms with E-state index >= 15 is 0 Å². The molecule has 5 fully saturated rings. The second kappa shape index (κ2) is 9.75. The van der Waals surface area contributed by atoms with Crippen LogP contribution in [-0.4, -0.2) is 88.6 Å². The van der Waals surface area contributed by atoms with Crippen LogP contribution in [0.25, 0.3) is 0 Å². The molecule has 0 radical (unpaired) electrons. The number of carbonyl (C=O) groups is 1. The highest BCUT2D eigenvalue weighted by molar-refractivity contribution is 5.85. The summed E-state index contributed by atoms with van der Waals surface area (Å²) in [5.41, 5.74) is -0.601. The van der Waals surface area contributed by atoms with Gasteiger partial charge >= 0.3 is 5.97 Å². The topological polar surface area (TPSA) is 135 Å². The Morgan fingerprint density at radius 3 is 2.49 bits per heavy atom. The van der Waals surface area contributed by atoms with Crippen molar-refractivity contribution in [3.05, 3.63) is 11.6 Å². The molecule has 2 aliphatic heterocycles. The minimum Gasteiger partial charge on any atom is -0.458 e. The average molecular weight is 551 g/mol. The van der Waals surface area contributed by atoms with Crippen molar-refractivity contribution < 1.29 is 44.2 Å². The molecule has 0 aromatic rings. The number of hydrogen-bond donors (Lipinski definition) is 4. The summed E-state index contributed by atoms with van der Waals surface area (Å²) in [6.07, 6.45) is 3.40. The molecular formula is C30H46O9. The van der Waals surface area contributed by atoms with Crippen molar-refractivity contribution in [3.8, 4) is 0 Å². The molecule has 0 amide bonds. The first kappa shape index (κ1) is 28.1. The van der Waals surface area contributed by atoms with E-state index < -0.39 is 47.8 Å². The van der Waals surface area contributed by atoms with Crippen LogP contribution < -0.4 is 0 Å². The second-order valence-corrected chi connectivity index (χ2v) is 13.9. The number of methoxy groups -OCH3 is 1. The van der Waals surface area contributed by atoms with Crippen LogP contribution in [0.15, 0.2) is 11.6 Å². The van der Waals surface area contributed by atoms with Crippen molar-refractivity contribution in [2.24, 2.45) is 34.5 Å². The van der Waals surface area contributed by atoms with Gasteiger partial charge in [0.1, 0.15) is 24.9 Å². The van der Waals surface area contributed by atoms with E-state index in [1.54, 1.807) is 6.92 Å². The molecule has 1 saturated heterocycles. The third kappa shape index (κ3) is 4.09. The van der Waals surface area contributed by atoms with Gasteiger partial charge in [-0.2, -0.15) is 0 Å². The fourth-order valence-electron chi connectivity index (χ4n) is 10.2. The summed E-state index contributed by atoms with van der Waals surface area (Å²) < 4.78 is 22.7. The summed E-state index contributed by atoms with van der Waals surface area (Å²) in [6.45, 7) is 6.48. The quantitative estimate of drug-likeness (QED) is 0.307. The molecule has 0 spiro atoms. The maximum absolute atomic E-state index is 12.4. The maximum Gasteiger partial charge on any atom is 0.331 e. The summed E-state index contributed by atoms with van der Waals surface area (Å²) >= 11 is 0. The van der Waals surface area contributed by atoms with Crippen molar-refractivity contribution >= 4 is 5.97 Å². The Labute approximate surface area is 230 Å². The number of carbonyl (C=O) groups excluding carboxylic acids is 1. The van der Waals surface area contributed by atoms with E-state index in [9.17, 15) is 25.2 Å². The van der Waals surface area contributed by atoms with Gasteiger partial charge in [0.25, 0.3) is 0 Å². The van der Waals surface area contributed by atoms with Crippen LogP contribution in [0.4, 0.5) is 0 Å². The lowest BCUT2D eigenvalue weighted by Crippen LogP contribution is -2.62. The van der Waals surface area contributed by atoms with E-state index in [4.69, 9.17) is 18.9 Å². The Bertz CT molecular complexity index is 1000. The van der Waals surface area contributed by atoms with E-state index in [0.29, 0.717) is 18.3 Å². The van der Waals surface area contributed by atoms with Crippen LogP contribution in [0, 0.1) is 34.5 Å².